The third kappa shape index (κ3) is 2.95. The number of hydrogen-bond donors (Lipinski definition) is 0. The molecular weight excluding hydrogens is 208 g/mol. The van der Waals surface area contributed by atoms with Gasteiger partial charge in [-0.15, -0.1) is 0 Å². The smallest absolute Gasteiger partial charge is 0.109 e. The molecule has 0 N–H and O–H groups in total. The lowest BCUT2D eigenvalue weighted by Crippen LogP contribution is -2.41. The van der Waals surface area contributed by atoms with E-state index in [1.807, 2.05) is 50.2 Å². The molecule has 0 saturated heterocycles. The number of nitriles is 1. The summed E-state index contributed by atoms with van der Waals surface area (Å²) in [5.41, 5.74) is 0.658. The second-order valence-electron chi connectivity index (χ2n) is 4.08. The summed E-state index contributed by atoms with van der Waals surface area (Å²) in [6.45, 7) is 1.93. The van der Waals surface area contributed by atoms with E-state index in [2.05, 4.69) is 6.07 Å². The first-order valence-corrected chi connectivity index (χ1v) is 5.19. The van der Waals surface area contributed by atoms with E-state index in [9.17, 15) is 0 Å². The molecule has 0 amide bonds. The predicted octanol–water partition coefficient (Wildman–Crippen LogP) is 2.73. The first kappa shape index (κ1) is 12.0. The number of rotatable bonds is 3. The minimum Gasteiger partial charge on any atom is -0.292 e. The van der Waals surface area contributed by atoms with Gasteiger partial charge < -0.3 is 0 Å². The van der Waals surface area contributed by atoms with Crippen molar-refractivity contribution in [2.75, 3.05) is 14.1 Å². The number of halogens is 1. The van der Waals surface area contributed by atoms with Gasteiger partial charge in [-0.2, -0.15) is 5.26 Å². The molecule has 15 heavy (non-hydrogen) atoms. The zero-order valence-electron chi connectivity index (χ0n) is 9.29. The van der Waals surface area contributed by atoms with Crippen LogP contribution in [0.5, 0.6) is 0 Å². The van der Waals surface area contributed by atoms with E-state index in [-0.39, 0.29) is 0 Å². The van der Waals surface area contributed by atoms with E-state index in [0.717, 1.165) is 10.6 Å². The van der Waals surface area contributed by atoms with Crippen molar-refractivity contribution in [3.63, 3.8) is 0 Å². The Morgan fingerprint density at radius 3 is 2.27 bits per heavy atom. The molecule has 2 nitrogen and oxygen atoms in total. The lowest BCUT2D eigenvalue weighted by atomic mass is 9.93. The van der Waals surface area contributed by atoms with Crippen molar-refractivity contribution in [3.8, 4) is 6.07 Å². The molecule has 1 aromatic carbocycles. The largest absolute Gasteiger partial charge is 0.292 e. The fourth-order valence-corrected chi connectivity index (χ4v) is 1.42. The molecule has 1 atom stereocenters. The molecule has 0 spiro atoms. The van der Waals surface area contributed by atoms with Crippen molar-refractivity contribution in [3.05, 3.63) is 34.9 Å². The van der Waals surface area contributed by atoms with Crippen LogP contribution in [0, 0.1) is 11.3 Å². The average molecular weight is 223 g/mol. The fourth-order valence-electron chi connectivity index (χ4n) is 1.30. The fraction of sp³-hybridized carbons (Fsp3) is 0.417. The second-order valence-corrected chi connectivity index (χ2v) is 4.52. The summed E-state index contributed by atoms with van der Waals surface area (Å²) in [7, 11) is 3.83. The van der Waals surface area contributed by atoms with Crippen LogP contribution in [0.15, 0.2) is 24.3 Å². The molecule has 0 heterocycles. The van der Waals surface area contributed by atoms with Crippen LogP contribution < -0.4 is 0 Å². The Labute approximate surface area is 96.1 Å². The van der Waals surface area contributed by atoms with Crippen LogP contribution in [0.4, 0.5) is 0 Å². The van der Waals surface area contributed by atoms with Crippen LogP contribution >= 0.6 is 11.6 Å². The average Bonchev–Trinajstić information content (AvgIpc) is 2.21. The summed E-state index contributed by atoms with van der Waals surface area (Å²) >= 11 is 5.80. The standard InChI is InChI=1S/C12H15ClN2/c1-12(9-14,15(2)3)8-10-4-6-11(13)7-5-10/h4-7H,8H2,1-3H3. The van der Waals surface area contributed by atoms with Crippen LogP contribution in [0.2, 0.25) is 5.02 Å². The SMILES string of the molecule is CN(C)C(C)(C#N)Cc1ccc(Cl)cc1. The maximum Gasteiger partial charge on any atom is 0.109 e. The van der Waals surface area contributed by atoms with Gasteiger partial charge in [0.2, 0.25) is 0 Å². The molecular formula is C12H15ClN2. The lowest BCUT2D eigenvalue weighted by molar-refractivity contribution is 0.237. The molecule has 80 valence electrons. The summed E-state index contributed by atoms with van der Waals surface area (Å²) < 4.78 is 0. The van der Waals surface area contributed by atoms with E-state index in [0.29, 0.717) is 6.42 Å². The van der Waals surface area contributed by atoms with Crippen molar-refractivity contribution in [1.29, 1.82) is 5.26 Å². The van der Waals surface area contributed by atoms with E-state index >= 15 is 0 Å². The minimum absolute atomic E-state index is 0.464. The first-order valence-electron chi connectivity index (χ1n) is 4.81. The van der Waals surface area contributed by atoms with Crippen molar-refractivity contribution in [2.24, 2.45) is 0 Å². The van der Waals surface area contributed by atoms with Gasteiger partial charge in [-0.3, -0.25) is 4.90 Å². The number of benzene rings is 1. The van der Waals surface area contributed by atoms with Crippen LogP contribution in [-0.2, 0) is 6.42 Å². The Balaban J connectivity index is 2.85. The van der Waals surface area contributed by atoms with Gasteiger partial charge in [0, 0.05) is 11.4 Å². The van der Waals surface area contributed by atoms with Crippen LogP contribution in [0.3, 0.4) is 0 Å². The molecule has 3 heteroatoms. The van der Waals surface area contributed by atoms with Crippen molar-refractivity contribution in [1.82, 2.24) is 4.90 Å². The van der Waals surface area contributed by atoms with Gasteiger partial charge in [0.25, 0.3) is 0 Å². The Hall–Kier alpha value is -1.04. The maximum absolute atomic E-state index is 9.15. The van der Waals surface area contributed by atoms with Crippen LogP contribution in [0.1, 0.15) is 12.5 Å². The van der Waals surface area contributed by atoms with Crippen molar-refractivity contribution >= 4 is 11.6 Å². The van der Waals surface area contributed by atoms with Crippen molar-refractivity contribution in [2.45, 2.75) is 18.9 Å². The monoisotopic (exact) mass is 222 g/mol. The van der Waals surface area contributed by atoms with Crippen LogP contribution in [-0.4, -0.2) is 24.5 Å². The predicted molar refractivity (Wildman–Crippen MR) is 62.9 cm³/mol. The molecule has 0 aromatic heterocycles. The highest BCUT2D eigenvalue weighted by Gasteiger charge is 2.26. The van der Waals surface area contributed by atoms with Gasteiger partial charge in [0.1, 0.15) is 5.54 Å². The highest BCUT2D eigenvalue weighted by atomic mass is 35.5. The summed E-state index contributed by atoms with van der Waals surface area (Å²) in [6.07, 6.45) is 0.702. The first-order chi connectivity index (χ1) is 6.98. The number of hydrogen-bond acceptors (Lipinski definition) is 2. The maximum atomic E-state index is 9.15. The minimum atomic E-state index is -0.464. The van der Waals surface area contributed by atoms with Crippen LogP contribution in [0.25, 0.3) is 0 Å². The molecule has 1 rings (SSSR count). The summed E-state index contributed by atoms with van der Waals surface area (Å²) in [5.74, 6) is 0. The molecule has 0 aliphatic heterocycles. The highest BCUT2D eigenvalue weighted by Crippen LogP contribution is 2.19. The summed E-state index contributed by atoms with van der Waals surface area (Å²) in [4.78, 5) is 1.93. The van der Waals surface area contributed by atoms with Gasteiger partial charge in [0.05, 0.1) is 6.07 Å². The number of likely N-dealkylation sites (N-methyl/N-ethyl adjacent to an activating group) is 1. The van der Waals surface area contributed by atoms with E-state index in [1.54, 1.807) is 0 Å². The topological polar surface area (TPSA) is 27.0 Å². The lowest BCUT2D eigenvalue weighted by Gasteiger charge is -2.29. The van der Waals surface area contributed by atoms with E-state index < -0.39 is 5.54 Å². The van der Waals surface area contributed by atoms with Gasteiger partial charge in [-0.25, -0.2) is 0 Å². The molecule has 0 saturated carbocycles. The Bertz CT molecular complexity index is 364. The van der Waals surface area contributed by atoms with Gasteiger partial charge in [-0.05, 0) is 38.7 Å². The normalized spacial score (nSPS) is 14.7. The molecule has 1 unspecified atom stereocenters. The third-order valence-corrected chi connectivity index (χ3v) is 2.94. The molecule has 0 aliphatic carbocycles. The van der Waals surface area contributed by atoms with E-state index in [1.165, 1.54) is 0 Å². The summed E-state index contributed by atoms with van der Waals surface area (Å²) in [6, 6.07) is 9.96. The van der Waals surface area contributed by atoms with E-state index in [4.69, 9.17) is 16.9 Å². The quantitative estimate of drug-likeness (QED) is 0.787. The van der Waals surface area contributed by atoms with Gasteiger partial charge in [-0.1, -0.05) is 23.7 Å². The zero-order chi connectivity index (χ0) is 11.5. The van der Waals surface area contributed by atoms with Gasteiger partial charge >= 0.3 is 0 Å². The molecule has 1 aromatic rings. The molecule has 0 bridgehead atoms. The molecule has 0 radical (unpaired) electrons. The Morgan fingerprint density at radius 1 is 1.33 bits per heavy atom. The second kappa shape index (κ2) is 4.65. The highest BCUT2D eigenvalue weighted by molar-refractivity contribution is 6.30. The molecule has 0 fully saturated rings. The Morgan fingerprint density at radius 2 is 1.87 bits per heavy atom. The van der Waals surface area contributed by atoms with Crippen molar-refractivity contribution < 1.29 is 0 Å². The third-order valence-electron chi connectivity index (χ3n) is 2.69. The van der Waals surface area contributed by atoms with Gasteiger partial charge in [0.15, 0.2) is 0 Å². The summed E-state index contributed by atoms with van der Waals surface area (Å²) in [5, 5.41) is 9.88. The molecule has 0 aliphatic rings. The number of nitrogens with zero attached hydrogens (tertiary/aromatic N) is 2. The Kier molecular flexibility index (Phi) is 3.73. The zero-order valence-corrected chi connectivity index (χ0v) is 10.0.